The molecule has 1 aromatic rings. The molecular formula is C12H17N3S2. The Hall–Kier alpha value is -1.20. The summed E-state index contributed by atoms with van der Waals surface area (Å²) in [6.45, 7) is 3.00. The van der Waals surface area contributed by atoms with Gasteiger partial charge in [0.1, 0.15) is 0 Å². The Kier molecular flexibility index (Phi) is 5.86. The number of para-hydroxylation sites is 1. The lowest BCUT2D eigenvalue weighted by atomic mass is 10.2. The van der Waals surface area contributed by atoms with Gasteiger partial charge >= 0.3 is 0 Å². The van der Waals surface area contributed by atoms with Gasteiger partial charge in [-0.1, -0.05) is 31.5 Å². The van der Waals surface area contributed by atoms with E-state index in [0.717, 1.165) is 25.1 Å². The summed E-state index contributed by atoms with van der Waals surface area (Å²) in [5.41, 5.74) is 6.49. The van der Waals surface area contributed by atoms with Gasteiger partial charge in [0.2, 0.25) is 0 Å². The lowest BCUT2D eigenvalue weighted by Gasteiger charge is -2.25. The van der Waals surface area contributed by atoms with Gasteiger partial charge in [0, 0.05) is 12.2 Å². The van der Waals surface area contributed by atoms with E-state index in [-0.39, 0.29) is 5.11 Å². The monoisotopic (exact) mass is 267 g/mol. The summed E-state index contributed by atoms with van der Waals surface area (Å²) in [5, 5.41) is 3.57. The quantitative estimate of drug-likeness (QED) is 0.820. The molecule has 0 spiro atoms. The summed E-state index contributed by atoms with van der Waals surface area (Å²) in [7, 11) is 0. The van der Waals surface area contributed by atoms with Crippen LogP contribution in [0, 0.1) is 0 Å². The summed E-state index contributed by atoms with van der Waals surface area (Å²) >= 11 is 10.1. The summed E-state index contributed by atoms with van der Waals surface area (Å²) in [4.78, 5) is 2.01. The predicted molar refractivity (Wildman–Crippen MR) is 81.2 cm³/mol. The molecule has 1 rings (SSSR count). The number of nitrogens with zero attached hydrogens (tertiary/aromatic N) is 1. The Morgan fingerprint density at radius 3 is 2.47 bits per heavy atom. The SMILES string of the molecule is CCCCN(C(=S)NC(N)=S)c1ccccc1. The number of hydrogen-bond acceptors (Lipinski definition) is 2. The first-order valence-corrected chi connectivity index (χ1v) is 6.39. The van der Waals surface area contributed by atoms with E-state index in [9.17, 15) is 0 Å². The molecule has 0 saturated heterocycles. The fourth-order valence-corrected chi connectivity index (χ4v) is 1.91. The molecule has 0 aliphatic carbocycles. The fourth-order valence-electron chi connectivity index (χ4n) is 1.44. The summed E-state index contributed by atoms with van der Waals surface area (Å²) in [5.74, 6) is 0. The van der Waals surface area contributed by atoms with Crippen LogP contribution >= 0.6 is 24.4 Å². The van der Waals surface area contributed by atoms with Crippen molar-refractivity contribution in [2.45, 2.75) is 19.8 Å². The molecule has 0 heterocycles. The topological polar surface area (TPSA) is 41.3 Å². The fraction of sp³-hybridized carbons (Fsp3) is 0.333. The smallest absolute Gasteiger partial charge is 0.179 e. The first-order chi connectivity index (χ1) is 8.15. The molecule has 0 aliphatic heterocycles. The van der Waals surface area contributed by atoms with Gasteiger partial charge in [-0.05, 0) is 43.0 Å². The van der Waals surface area contributed by atoms with Crippen LogP contribution in [0.2, 0.25) is 0 Å². The van der Waals surface area contributed by atoms with Crippen LogP contribution in [-0.2, 0) is 0 Å². The molecule has 0 bridgehead atoms. The Balaban J connectivity index is 2.80. The molecule has 0 amide bonds. The molecule has 0 radical (unpaired) electrons. The molecule has 92 valence electrons. The summed E-state index contributed by atoms with van der Waals surface area (Å²) < 4.78 is 0. The summed E-state index contributed by atoms with van der Waals surface area (Å²) in [6.07, 6.45) is 2.17. The van der Waals surface area contributed by atoms with Crippen LogP contribution in [0.3, 0.4) is 0 Å². The standard InChI is InChI=1S/C12H17N3S2/c1-2-3-9-15(12(17)14-11(13)16)10-7-5-4-6-8-10/h4-8H,2-3,9H2,1H3,(H3,13,14,16,17). The van der Waals surface area contributed by atoms with Gasteiger partial charge < -0.3 is 16.0 Å². The third kappa shape index (κ3) is 4.66. The largest absolute Gasteiger partial charge is 0.376 e. The zero-order chi connectivity index (χ0) is 12.7. The second kappa shape index (κ2) is 7.19. The first-order valence-electron chi connectivity index (χ1n) is 5.58. The van der Waals surface area contributed by atoms with Crippen molar-refractivity contribution in [3.05, 3.63) is 30.3 Å². The van der Waals surface area contributed by atoms with Crippen molar-refractivity contribution in [1.29, 1.82) is 0 Å². The molecule has 0 atom stereocenters. The molecule has 1 aromatic carbocycles. The van der Waals surface area contributed by atoms with Gasteiger partial charge in [0.15, 0.2) is 10.2 Å². The Morgan fingerprint density at radius 2 is 1.94 bits per heavy atom. The molecule has 5 heteroatoms. The van der Waals surface area contributed by atoms with E-state index < -0.39 is 0 Å². The molecule has 0 unspecified atom stereocenters. The maximum absolute atomic E-state index is 5.44. The van der Waals surface area contributed by atoms with E-state index in [1.807, 2.05) is 35.2 Å². The second-order valence-electron chi connectivity index (χ2n) is 3.64. The Morgan fingerprint density at radius 1 is 1.29 bits per heavy atom. The van der Waals surface area contributed by atoms with E-state index in [0.29, 0.717) is 5.11 Å². The zero-order valence-corrected chi connectivity index (χ0v) is 11.5. The minimum Gasteiger partial charge on any atom is -0.376 e. The lowest BCUT2D eigenvalue weighted by molar-refractivity contribution is 0.793. The minimum atomic E-state index is 0.201. The molecule has 0 fully saturated rings. The van der Waals surface area contributed by atoms with E-state index >= 15 is 0 Å². The van der Waals surface area contributed by atoms with E-state index in [1.165, 1.54) is 0 Å². The van der Waals surface area contributed by atoms with Crippen molar-refractivity contribution in [1.82, 2.24) is 5.32 Å². The Labute approximate surface area is 113 Å². The molecule has 0 aromatic heterocycles. The number of thiocarbonyl (C=S) groups is 2. The molecule has 17 heavy (non-hydrogen) atoms. The number of unbranched alkanes of at least 4 members (excludes halogenated alkanes) is 1. The zero-order valence-electron chi connectivity index (χ0n) is 9.85. The van der Waals surface area contributed by atoms with Crippen LogP contribution in [0.4, 0.5) is 5.69 Å². The van der Waals surface area contributed by atoms with Crippen LogP contribution in [0.25, 0.3) is 0 Å². The maximum Gasteiger partial charge on any atom is 0.179 e. The second-order valence-corrected chi connectivity index (χ2v) is 4.46. The molecule has 0 aliphatic rings. The first kappa shape index (κ1) is 13.9. The van der Waals surface area contributed by atoms with Crippen LogP contribution in [0.5, 0.6) is 0 Å². The lowest BCUT2D eigenvalue weighted by Crippen LogP contribution is -2.45. The van der Waals surface area contributed by atoms with Crippen molar-refractivity contribution in [3.63, 3.8) is 0 Å². The van der Waals surface area contributed by atoms with Crippen molar-refractivity contribution in [2.75, 3.05) is 11.4 Å². The van der Waals surface area contributed by atoms with Crippen LogP contribution < -0.4 is 16.0 Å². The van der Waals surface area contributed by atoms with E-state index in [2.05, 4.69) is 12.2 Å². The molecule has 3 N–H and O–H groups in total. The predicted octanol–water partition coefficient (Wildman–Crippen LogP) is 2.41. The van der Waals surface area contributed by atoms with Gasteiger partial charge in [0.05, 0.1) is 0 Å². The molecule has 0 saturated carbocycles. The average molecular weight is 267 g/mol. The number of hydrogen-bond donors (Lipinski definition) is 2. The molecule has 3 nitrogen and oxygen atoms in total. The van der Waals surface area contributed by atoms with Gasteiger partial charge in [-0.3, -0.25) is 0 Å². The van der Waals surface area contributed by atoms with Crippen LogP contribution in [-0.4, -0.2) is 16.8 Å². The molecular weight excluding hydrogens is 250 g/mol. The summed E-state index contributed by atoms with van der Waals surface area (Å²) in [6, 6.07) is 9.98. The highest BCUT2D eigenvalue weighted by atomic mass is 32.1. The number of nitrogens with two attached hydrogens (primary N) is 1. The number of benzene rings is 1. The Bertz CT molecular complexity index is 379. The van der Waals surface area contributed by atoms with Gasteiger partial charge in [0.25, 0.3) is 0 Å². The third-order valence-corrected chi connectivity index (χ3v) is 2.70. The normalized spacial score (nSPS) is 9.71. The van der Waals surface area contributed by atoms with E-state index in [4.69, 9.17) is 30.2 Å². The van der Waals surface area contributed by atoms with Gasteiger partial charge in [-0.15, -0.1) is 0 Å². The third-order valence-electron chi connectivity index (χ3n) is 2.28. The highest BCUT2D eigenvalue weighted by molar-refractivity contribution is 7.82. The number of rotatable bonds is 4. The van der Waals surface area contributed by atoms with Crippen LogP contribution in [0.1, 0.15) is 19.8 Å². The maximum atomic E-state index is 5.44. The van der Waals surface area contributed by atoms with Crippen molar-refractivity contribution < 1.29 is 0 Å². The van der Waals surface area contributed by atoms with Crippen molar-refractivity contribution in [3.8, 4) is 0 Å². The minimum absolute atomic E-state index is 0.201. The van der Waals surface area contributed by atoms with Gasteiger partial charge in [-0.25, -0.2) is 0 Å². The van der Waals surface area contributed by atoms with Crippen molar-refractivity contribution >= 4 is 40.3 Å². The van der Waals surface area contributed by atoms with Gasteiger partial charge in [-0.2, -0.15) is 0 Å². The van der Waals surface area contributed by atoms with Crippen molar-refractivity contribution in [2.24, 2.45) is 5.73 Å². The highest BCUT2D eigenvalue weighted by Crippen LogP contribution is 2.14. The van der Waals surface area contributed by atoms with E-state index in [1.54, 1.807) is 0 Å². The highest BCUT2D eigenvalue weighted by Gasteiger charge is 2.11. The number of nitrogens with one attached hydrogen (secondary N) is 1. The van der Waals surface area contributed by atoms with Crippen LogP contribution in [0.15, 0.2) is 30.3 Å². The number of anilines is 1. The average Bonchev–Trinajstić information content (AvgIpc) is 2.30.